The third kappa shape index (κ3) is 4.36. The van der Waals surface area contributed by atoms with Gasteiger partial charge in [-0.15, -0.1) is 0 Å². The molecule has 3 heteroatoms. The van der Waals surface area contributed by atoms with Crippen molar-refractivity contribution < 1.29 is 4.74 Å². The highest BCUT2D eigenvalue weighted by molar-refractivity contribution is 5.61. The van der Waals surface area contributed by atoms with Gasteiger partial charge in [0.1, 0.15) is 5.75 Å². The van der Waals surface area contributed by atoms with Crippen molar-refractivity contribution in [2.24, 2.45) is 0 Å². The van der Waals surface area contributed by atoms with E-state index >= 15 is 0 Å². The Morgan fingerprint density at radius 1 is 0.963 bits per heavy atom. The zero-order chi connectivity index (χ0) is 18.5. The van der Waals surface area contributed by atoms with Crippen LogP contribution in [0.15, 0.2) is 54.9 Å². The molecule has 27 heavy (non-hydrogen) atoms. The van der Waals surface area contributed by atoms with Crippen LogP contribution in [-0.4, -0.2) is 16.6 Å². The van der Waals surface area contributed by atoms with Crippen molar-refractivity contribution in [3.8, 4) is 17.0 Å². The van der Waals surface area contributed by atoms with E-state index in [4.69, 9.17) is 4.74 Å². The fraction of sp³-hybridized carbons (Fsp3) is 0.333. The van der Waals surface area contributed by atoms with Crippen LogP contribution in [-0.2, 0) is 19.3 Å². The van der Waals surface area contributed by atoms with Crippen LogP contribution >= 0.6 is 0 Å². The van der Waals surface area contributed by atoms with E-state index in [1.54, 1.807) is 0 Å². The van der Waals surface area contributed by atoms with Gasteiger partial charge in [0.05, 0.1) is 12.3 Å². The SMILES string of the molecule is Cc1cccnc1-c1ccc(CCCCCc2ccc3c(c2)CCO3)nc1. The standard InChI is InChI=1S/C24H26N2O/c1-18-6-5-14-25-24(18)21-10-11-22(26-17-21)8-4-2-3-7-19-9-12-23-20(16-19)13-15-27-23/h5-6,9-12,14,16-17H,2-4,7-8,13,15H2,1H3. The number of unbranched alkanes of at least 4 members (excludes halogenated alkanes) is 2. The van der Waals surface area contributed by atoms with Crippen molar-refractivity contribution >= 4 is 0 Å². The first-order chi connectivity index (χ1) is 13.3. The second-order valence-electron chi connectivity index (χ2n) is 7.31. The summed E-state index contributed by atoms with van der Waals surface area (Å²) in [6.45, 7) is 2.93. The summed E-state index contributed by atoms with van der Waals surface area (Å²) in [5.74, 6) is 1.08. The molecule has 0 saturated carbocycles. The maximum atomic E-state index is 5.58. The Kier molecular flexibility index (Phi) is 5.47. The summed E-state index contributed by atoms with van der Waals surface area (Å²) < 4.78 is 5.58. The summed E-state index contributed by atoms with van der Waals surface area (Å²) in [6, 6.07) is 15.0. The van der Waals surface area contributed by atoms with Crippen molar-refractivity contribution in [2.45, 2.75) is 45.4 Å². The van der Waals surface area contributed by atoms with Gasteiger partial charge in [0, 0.05) is 30.1 Å². The van der Waals surface area contributed by atoms with Gasteiger partial charge in [0.25, 0.3) is 0 Å². The third-order valence-corrected chi connectivity index (χ3v) is 5.26. The first-order valence-electron chi connectivity index (χ1n) is 9.91. The Labute approximate surface area is 161 Å². The van der Waals surface area contributed by atoms with Crippen LogP contribution in [0.2, 0.25) is 0 Å². The second kappa shape index (κ2) is 8.34. The van der Waals surface area contributed by atoms with Crippen LogP contribution in [0.3, 0.4) is 0 Å². The maximum absolute atomic E-state index is 5.58. The zero-order valence-corrected chi connectivity index (χ0v) is 15.9. The number of aryl methyl sites for hydroxylation is 3. The van der Waals surface area contributed by atoms with Crippen molar-refractivity contribution in [3.05, 3.63) is 77.2 Å². The van der Waals surface area contributed by atoms with Crippen molar-refractivity contribution in [3.63, 3.8) is 0 Å². The second-order valence-corrected chi connectivity index (χ2v) is 7.31. The lowest BCUT2D eigenvalue weighted by Gasteiger charge is -2.06. The first-order valence-corrected chi connectivity index (χ1v) is 9.91. The van der Waals surface area contributed by atoms with Crippen LogP contribution in [0.1, 0.15) is 41.6 Å². The van der Waals surface area contributed by atoms with Crippen LogP contribution in [0.5, 0.6) is 5.75 Å². The maximum Gasteiger partial charge on any atom is 0.122 e. The summed E-state index contributed by atoms with van der Waals surface area (Å²) in [5, 5.41) is 0. The van der Waals surface area contributed by atoms with E-state index in [9.17, 15) is 0 Å². The molecule has 138 valence electrons. The van der Waals surface area contributed by atoms with Gasteiger partial charge < -0.3 is 4.74 Å². The van der Waals surface area contributed by atoms with Crippen LogP contribution in [0.4, 0.5) is 0 Å². The zero-order valence-electron chi connectivity index (χ0n) is 15.9. The topological polar surface area (TPSA) is 35.0 Å². The molecule has 2 aromatic heterocycles. The number of hydrogen-bond donors (Lipinski definition) is 0. The molecule has 1 aromatic carbocycles. The van der Waals surface area contributed by atoms with E-state index in [1.807, 2.05) is 18.5 Å². The quantitative estimate of drug-likeness (QED) is 0.535. The molecule has 0 aliphatic carbocycles. The molecule has 1 aliphatic heterocycles. The van der Waals surface area contributed by atoms with Gasteiger partial charge in [0.15, 0.2) is 0 Å². The van der Waals surface area contributed by atoms with Crippen LogP contribution in [0, 0.1) is 6.92 Å². The summed E-state index contributed by atoms with van der Waals surface area (Å²) >= 11 is 0. The highest BCUT2D eigenvalue weighted by atomic mass is 16.5. The van der Waals surface area contributed by atoms with Gasteiger partial charge in [-0.05, 0) is 73.6 Å². The molecule has 3 heterocycles. The Balaban J connectivity index is 1.23. The van der Waals surface area contributed by atoms with Crippen molar-refractivity contribution in [1.29, 1.82) is 0 Å². The van der Waals surface area contributed by atoms with E-state index < -0.39 is 0 Å². The van der Waals surface area contributed by atoms with Crippen molar-refractivity contribution in [2.75, 3.05) is 6.61 Å². The minimum atomic E-state index is 0.838. The lowest BCUT2D eigenvalue weighted by Crippen LogP contribution is -1.94. The number of ether oxygens (including phenoxy) is 1. The predicted molar refractivity (Wildman–Crippen MR) is 109 cm³/mol. The van der Waals surface area contributed by atoms with Crippen molar-refractivity contribution in [1.82, 2.24) is 9.97 Å². The molecule has 0 radical (unpaired) electrons. The first kappa shape index (κ1) is 17.7. The summed E-state index contributed by atoms with van der Waals surface area (Å²) in [4.78, 5) is 9.10. The Morgan fingerprint density at radius 3 is 2.74 bits per heavy atom. The molecular formula is C24H26N2O. The average molecular weight is 358 g/mol. The molecule has 0 saturated heterocycles. The molecule has 0 spiro atoms. The van der Waals surface area contributed by atoms with E-state index in [0.717, 1.165) is 42.9 Å². The highest BCUT2D eigenvalue weighted by Gasteiger charge is 2.11. The number of rotatable bonds is 7. The van der Waals surface area contributed by atoms with E-state index in [1.165, 1.54) is 41.6 Å². The highest BCUT2D eigenvalue weighted by Crippen LogP contribution is 2.26. The molecule has 0 atom stereocenters. The number of benzene rings is 1. The molecule has 0 unspecified atom stereocenters. The van der Waals surface area contributed by atoms with Gasteiger partial charge in [-0.3, -0.25) is 9.97 Å². The number of aromatic nitrogens is 2. The molecule has 0 N–H and O–H groups in total. The lowest BCUT2D eigenvalue weighted by atomic mass is 10.0. The number of nitrogens with zero attached hydrogens (tertiary/aromatic N) is 2. The van der Waals surface area contributed by atoms with Crippen LogP contribution < -0.4 is 4.74 Å². The number of pyridine rings is 2. The summed E-state index contributed by atoms with van der Waals surface area (Å²) in [5.41, 5.74) is 7.29. The molecule has 0 fully saturated rings. The molecule has 3 aromatic rings. The van der Waals surface area contributed by atoms with Gasteiger partial charge >= 0.3 is 0 Å². The Hall–Kier alpha value is -2.68. The molecule has 0 bridgehead atoms. The minimum absolute atomic E-state index is 0.838. The Bertz CT molecular complexity index is 903. The minimum Gasteiger partial charge on any atom is -0.493 e. The normalized spacial score (nSPS) is 12.6. The number of fused-ring (bicyclic) bond motifs is 1. The summed E-state index contributed by atoms with van der Waals surface area (Å²) in [7, 11) is 0. The molecule has 4 rings (SSSR count). The fourth-order valence-corrected chi connectivity index (χ4v) is 3.71. The van der Waals surface area contributed by atoms with E-state index in [-0.39, 0.29) is 0 Å². The van der Waals surface area contributed by atoms with E-state index in [0.29, 0.717) is 0 Å². The average Bonchev–Trinajstić information content (AvgIpc) is 3.17. The smallest absolute Gasteiger partial charge is 0.122 e. The van der Waals surface area contributed by atoms with Gasteiger partial charge in [-0.1, -0.05) is 24.6 Å². The lowest BCUT2D eigenvalue weighted by molar-refractivity contribution is 0.357. The molecular weight excluding hydrogens is 332 g/mol. The van der Waals surface area contributed by atoms with E-state index in [2.05, 4.69) is 53.3 Å². The largest absolute Gasteiger partial charge is 0.493 e. The number of hydrogen-bond acceptors (Lipinski definition) is 3. The monoisotopic (exact) mass is 358 g/mol. The Morgan fingerprint density at radius 2 is 1.89 bits per heavy atom. The fourth-order valence-electron chi connectivity index (χ4n) is 3.71. The van der Waals surface area contributed by atoms with Gasteiger partial charge in [0.2, 0.25) is 0 Å². The summed E-state index contributed by atoms with van der Waals surface area (Å²) in [6.07, 6.45) is 10.7. The predicted octanol–water partition coefficient (Wildman–Crippen LogP) is 5.34. The molecule has 0 amide bonds. The third-order valence-electron chi connectivity index (χ3n) is 5.26. The van der Waals surface area contributed by atoms with Gasteiger partial charge in [-0.2, -0.15) is 0 Å². The molecule has 3 nitrogen and oxygen atoms in total. The van der Waals surface area contributed by atoms with Gasteiger partial charge in [-0.25, -0.2) is 0 Å². The molecule has 1 aliphatic rings. The van der Waals surface area contributed by atoms with Crippen LogP contribution in [0.25, 0.3) is 11.3 Å².